The second kappa shape index (κ2) is 7.72. The molecule has 2 aliphatic rings. The number of hydrogen-bond acceptors (Lipinski definition) is 4. The third kappa shape index (κ3) is 4.02. The molecule has 2 fully saturated rings. The van der Waals surface area contributed by atoms with E-state index in [1.165, 1.54) is 0 Å². The lowest BCUT2D eigenvalue weighted by molar-refractivity contribution is 0.0783. The van der Waals surface area contributed by atoms with Crippen molar-refractivity contribution in [3.8, 4) is 0 Å². The molecule has 24 heavy (non-hydrogen) atoms. The Morgan fingerprint density at radius 3 is 2.50 bits per heavy atom. The van der Waals surface area contributed by atoms with Crippen LogP contribution >= 0.6 is 12.4 Å². The molecule has 0 aliphatic carbocycles. The molecule has 6 nitrogen and oxygen atoms in total. The number of rotatable bonds is 5. The van der Waals surface area contributed by atoms with E-state index in [2.05, 4.69) is 10.0 Å². The largest absolute Gasteiger partial charge is 0.338 e. The topological polar surface area (TPSA) is 78.5 Å². The van der Waals surface area contributed by atoms with Crippen LogP contribution in [0.15, 0.2) is 24.3 Å². The van der Waals surface area contributed by atoms with Crippen molar-refractivity contribution in [2.24, 2.45) is 11.8 Å². The second-order valence-corrected chi connectivity index (χ2v) is 8.20. The van der Waals surface area contributed by atoms with Crippen LogP contribution in [0.2, 0.25) is 0 Å². The molecule has 2 heterocycles. The minimum absolute atomic E-state index is 0. The lowest BCUT2D eigenvalue weighted by Gasteiger charge is -2.20. The Hall–Kier alpha value is -1.31. The van der Waals surface area contributed by atoms with Crippen molar-refractivity contribution in [2.75, 3.05) is 36.7 Å². The zero-order valence-electron chi connectivity index (χ0n) is 13.7. The molecule has 2 aliphatic heterocycles. The number of para-hydroxylation sites is 1. The van der Waals surface area contributed by atoms with Crippen LogP contribution in [-0.4, -0.2) is 51.2 Å². The van der Waals surface area contributed by atoms with Crippen LogP contribution in [-0.2, 0) is 10.0 Å². The van der Waals surface area contributed by atoms with Crippen molar-refractivity contribution in [2.45, 2.75) is 13.3 Å². The quantitative estimate of drug-likeness (QED) is 0.820. The summed E-state index contributed by atoms with van der Waals surface area (Å²) in [5.74, 6) is 0.995. The van der Waals surface area contributed by atoms with Crippen molar-refractivity contribution in [1.82, 2.24) is 10.2 Å². The zero-order chi connectivity index (χ0) is 16.4. The minimum Gasteiger partial charge on any atom is -0.338 e. The van der Waals surface area contributed by atoms with Gasteiger partial charge in [-0.15, -0.1) is 12.4 Å². The van der Waals surface area contributed by atoms with Crippen molar-refractivity contribution >= 4 is 34.0 Å². The van der Waals surface area contributed by atoms with Gasteiger partial charge in [-0.25, -0.2) is 8.42 Å². The third-order valence-electron chi connectivity index (χ3n) is 4.57. The normalized spacial score (nSPS) is 22.8. The van der Waals surface area contributed by atoms with Gasteiger partial charge in [-0.2, -0.15) is 0 Å². The molecule has 2 saturated heterocycles. The number of carbonyl (C=O) groups is 1. The fourth-order valence-electron chi connectivity index (χ4n) is 3.44. The van der Waals surface area contributed by atoms with E-state index in [0.29, 0.717) is 29.5 Å². The Labute approximate surface area is 149 Å². The molecule has 0 aromatic heterocycles. The summed E-state index contributed by atoms with van der Waals surface area (Å²) in [6.07, 6.45) is 0.536. The summed E-state index contributed by atoms with van der Waals surface area (Å²) in [5, 5.41) is 3.35. The molecule has 1 amide bonds. The highest BCUT2D eigenvalue weighted by Crippen LogP contribution is 2.29. The summed E-state index contributed by atoms with van der Waals surface area (Å²) in [7, 11) is -3.41. The van der Waals surface area contributed by atoms with Gasteiger partial charge in [0, 0.05) is 26.2 Å². The third-order valence-corrected chi connectivity index (χ3v) is 6.05. The number of carbonyl (C=O) groups excluding carboxylic acids is 1. The van der Waals surface area contributed by atoms with Crippen LogP contribution in [0, 0.1) is 11.8 Å². The Morgan fingerprint density at radius 1 is 1.25 bits per heavy atom. The number of anilines is 1. The van der Waals surface area contributed by atoms with E-state index in [-0.39, 0.29) is 24.1 Å². The number of amides is 1. The molecule has 0 bridgehead atoms. The maximum atomic E-state index is 12.8. The van der Waals surface area contributed by atoms with Gasteiger partial charge in [0.05, 0.1) is 17.0 Å². The molecule has 1 aromatic carbocycles. The van der Waals surface area contributed by atoms with Crippen LogP contribution in [0.4, 0.5) is 5.69 Å². The summed E-state index contributed by atoms with van der Waals surface area (Å²) in [5.41, 5.74) is 0.807. The lowest BCUT2D eigenvalue weighted by atomic mass is 10.0. The van der Waals surface area contributed by atoms with Crippen LogP contribution in [0.1, 0.15) is 23.7 Å². The molecule has 3 rings (SSSR count). The Balaban J connectivity index is 0.00000208. The number of benzene rings is 1. The average Bonchev–Trinajstić information content (AvgIpc) is 3.07. The van der Waals surface area contributed by atoms with Gasteiger partial charge in [0.2, 0.25) is 10.0 Å². The molecular formula is C16H24ClN3O3S. The molecule has 1 aromatic rings. The Bertz CT molecular complexity index is 684. The van der Waals surface area contributed by atoms with Gasteiger partial charge in [-0.3, -0.25) is 9.52 Å². The van der Waals surface area contributed by atoms with Gasteiger partial charge in [0.1, 0.15) is 0 Å². The lowest BCUT2D eigenvalue weighted by Crippen LogP contribution is -2.32. The number of halogens is 1. The maximum absolute atomic E-state index is 12.8. The van der Waals surface area contributed by atoms with Gasteiger partial charge in [0.15, 0.2) is 0 Å². The predicted octanol–water partition coefficient (Wildman–Crippen LogP) is 1.55. The first kappa shape index (κ1) is 19.0. The van der Waals surface area contributed by atoms with Gasteiger partial charge in [-0.1, -0.05) is 19.1 Å². The molecule has 2 atom stereocenters. The minimum atomic E-state index is -3.41. The van der Waals surface area contributed by atoms with Gasteiger partial charge in [0.25, 0.3) is 5.91 Å². The molecule has 8 heteroatoms. The van der Waals surface area contributed by atoms with Gasteiger partial charge in [-0.05, 0) is 30.4 Å². The SMILES string of the molecule is CCCS(=O)(=O)Nc1ccccc1C(=O)N1C[C@H]2CNC[C@H]2C1.Cl. The van der Waals surface area contributed by atoms with Crippen LogP contribution in [0.3, 0.4) is 0 Å². The van der Waals surface area contributed by atoms with Crippen molar-refractivity contribution in [3.63, 3.8) is 0 Å². The molecule has 134 valence electrons. The van der Waals surface area contributed by atoms with E-state index in [4.69, 9.17) is 0 Å². The van der Waals surface area contributed by atoms with Crippen molar-refractivity contribution in [1.29, 1.82) is 0 Å². The summed E-state index contributed by atoms with van der Waals surface area (Å²) >= 11 is 0. The van der Waals surface area contributed by atoms with Crippen molar-refractivity contribution in [3.05, 3.63) is 29.8 Å². The average molecular weight is 374 g/mol. The summed E-state index contributed by atoms with van der Waals surface area (Å²) in [4.78, 5) is 14.7. The van der Waals surface area contributed by atoms with Crippen molar-refractivity contribution < 1.29 is 13.2 Å². The fraction of sp³-hybridized carbons (Fsp3) is 0.562. The van der Waals surface area contributed by atoms with Gasteiger partial charge >= 0.3 is 0 Å². The molecular weight excluding hydrogens is 350 g/mol. The summed E-state index contributed by atoms with van der Waals surface area (Å²) in [6, 6.07) is 6.85. The smallest absolute Gasteiger partial charge is 0.256 e. The number of nitrogens with one attached hydrogen (secondary N) is 2. The number of sulfonamides is 1. The zero-order valence-corrected chi connectivity index (χ0v) is 15.3. The second-order valence-electron chi connectivity index (χ2n) is 6.36. The van der Waals surface area contributed by atoms with Gasteiger partial charge < -0.3 is 10.2 Å². The number of hydrogen-bond donors (Lipinski definition) is 2. The van der Waals surface area contributed by atoms with E-state index in [1.807, 2.05) is 11.8 Å². The number of fused-ring (bicyclic) bond motifs is 1. The standard InChI is InChI=1S/C16H23N3O3S.ClH/c1-2-7-23(21,22)18-15-6-4-3-5-14(15)16(20)19-10-12-8-17-9-13(12)11-19;/h3-6,12-13,17-18H,2,7-11H2,1H3;1H/t12-,13+;. The molecule has 2 N–H and O–H groups in total. The van der Waals surface area contributed by atoms with Crippen LogP contribution in [0.5, 0.6) is 0 Å². The fourth-order valence-corrected chi connectivity index (χ4v) is 4.59. The molecule has 0 spiro atoms. The molecule has 0 saturated carbocycles. The highest BCUT2D eigenvalue weighted by atomic mass is 35.5. The van der Waals surface area contributed by atoms with E-state index in [0.717, 1.165) is 26.2 Å². The van der Waals surface area contributed by atoms with Crippen LogP contribution < -0.4 is 10.0 Å². The molecule has 0 unspecified atom stereocenters. The van der Waals surface area contributed by atoms with E-state index in [1.54, 1.807) is 24.3 Å². The predicted molar refractivity (Wildman–Crippen MR) is 97.1 cm³/mol. The van der Waals surface area contributed by atoms with Crippen LogP contribution in [0.25, 0.3) is 0 Å². The van der Waals surface area contributed by atoms with E-state index >= 15 is 0 Å². The first-order valence-corrected chi connectivity index (χ1v) is 9.75. The highest BCUT2D eigenvalue weighted by Gasteiger charge is 2.38. The monoisotopic (exact) mass is 373 g/mol. The maximum Gasteiger partial charge on any atom is 0.256 e. The summed E-state index contributed by atoms with van der Waals surface area (Å²) in [6.45, 7) is 5.21. The Morgan fingerprint density at radius 2 is 1.88 bits per heavy atom. The first-order valence-electron chi connectivity index (χ1n) is 8.09. The number of nitrogens with zero attached hydrogens (tertiary/aromatic N) is 1. The highest BCUT2D eigenvalue weighted by molar-refractivity contribution is 7.92. The molecule has 0 radical (unpaired) electrons. The first-order chi connectivity index (χ1) is 11.0. The Kier molecular flexibility index (Phi) is 6.11. The van der Waals surface area contributed by atoms with E-state index in [9.17, 15) is 13.2 Å². The number of likely N-dealkylation sites (tertiary alicyclic amines) is 1. The summed E-state index contributed by atoms with van der Waals surface area (Å²) < 4.78 is 26.6. The van der Waals surface area contributed by atoms with E-state index < -0.39 is 10.0 Å².